The first-order chi connectivity index (χ1) is 15.8. The first-order valence-corrected chi connectivity index (χ1v) is 10.8. The van der Waals surface area contributed by atoms with E-state index in [0.717, 1.165) is 0 Å². The summed E-state index contributed by atoms with van der Waals surface area (Å²) in [5, 5.41) is 15.9. The summed E-state index contributed by atoms with van der Waals surface area (Å²) in [6, 6.07) is 9.53. The van der Waals surface area contributed by atoms with Crippen LogP contribution >= 0.6 is 0 Å². The number of amides is 3. The molecule has 0 saturated carbocycles. The summed E-state index contributed by atoms with van der Waals surface area (Å²) in [6.07, 6.45) is -0.751. The maximum Gasteiger partial charge on any atom is 0.408 e. The van der Waals surface area contributed by atoms with E-state index in [9.17, 15) is 19.5 Å². The molecule has 0 bridgehead atoms. The van der Waals surface area contributed by atoms with Crippen LogP contribution in [0.1, 0.15) is 44.9 Å². The van der Waals surface area contributed by atoms with E-state index in [-0.39, 0.29) is 11.3 Å². The van der Waals surface area contributed by atoms with Gasteiger partial charge in [0, 0.05) is 18.3 Å². The quantitative estimate of drug-likeness (QED) is 0.566. The molecule has 3 amide bonds. The first kappa shape index (κ1) is 26.5. The highest BCUT2D eigenvalue weighted by Gasteiger charge is 2.34. The monoisotopic (exact) mass is 471 g/mol. The van der Waals surface area contributed by atoms with Crippen LogP contribution in [-0.2, 0) is 14.3 Å². The van der Waals surface area contributed by atoms with Crippen LogP contribution in [0, 0.1) is 6.92 Å². The molecule has 0 aromatic heterocycles. The standard InChI is InChI=1S/C25H33N3O6/c1-15-9-8-10-19(21(15)29)20(22(30)27-17-11-13-18(33-7)14-12-17)28(6)23(31)16(2)26-24(32)34-25(3,4)5/h8-14,16,20,29H,1-7H3,(H,26,32)(H,27,30). The summed E-state index contributed by atoms with van der Waals surface area (Å²) in [5.74, 6) is -0.543. The number of hydrogen-bond acceptors (Lipinski definition) is 6. The fraction of sp³-hybridized carbons (Fsp3) is 0.400. The van der Waals surface area contributed by atoms with Crippen molar-refractivity contribution in [1.29, 1.82) is 0 Å². The number of para-hydroxylation sites is 1. The van der Waals surface area contributed by atoms with Crippen molar-refractivity contribution in [2.75, 3.05) is 19.5 Å². The molecule has 2 rings (SSSR count). The number of phenols is 1. The zero-order valence-corrected chi connectivity index (χ0v) is 20.6. The lowest BCUT2D eigenvalue weighted by Crippen LogP contribution is -2.49. The van der Waals surface area contributed by atoms with E-state index in [1.807, 2.05) is 0 Å². The van der Waals surface area contributed by atoms with Crippen molar-refractivity contribution in [1.82, 2.24) is 10.2 Å². The van der Waals surface area contributed by atoms with Crippen molar-refractivity contribution in [2.24, 2.45) is 0 Å². The van der Waals surface area contributed by atoms with E-state index in [0.29, 0.717) is 17.0 Å². The maximum absolute atomic E-state index is 13.4. The maximum atomic E-state index is 13.4. The average molecular weight is 472 g/mol. The Morgan fingerprint density at radius 2 is 1.68 bits per heavy atom. The summed E-state index contributed by atoms with van der Waals surface area (Å²) >= 11 is 0. The van der Waals surface area contributed by atoms with Gasteiger partial charge in [-0.15, -0.1) is 0 Å². The molecule has 2 aromatic carbocycles. The first-order valence-electron chi connectivity index (χ1n) is 10.8. The third-order valence-corrected chi connectivity index (χ3v) is 5.01. The number of nitrogens with one attached hydrogen (secondary N) is 2. The SMILES string of the molecule is COc1ccc(NC(=O)C(c2cccc(C)c2O)N(C)C(=O)C(C)NC(=O)OC(C)(C)C)cc1. The fourth-order valence-electron chi connectivity index (χ4n) is 3.29. The number of anilines is 1. The Kier molecular flexibility index (Phi) is 8.51. The van der Waals surface area contributed by atoms with Crippen molar-refractivity contribution in [3.8, 4) is 11.5 Å². The Bertz CT molecular complexity index is 1030. The second kappa shape index (κ2) is 10.9. The normalized spacial score (nSPS) is 12.8. The molecule has 9 heteroatoms. The summed E-state index contributed by atoms with van der Waals surface area (Å²) in [7, 11) is 2.98. The van der Waals surface area contributed by atoms with E-state index in [1.54, 1.807) is 70.2 Å². The number of nitrogens with zero attached hydrogens (tertiary/aromatic N) is 1. The fourth-order valence-corrected chi connectivity index (χ4v) is 3.29. The predicted molar refractivity (Wildman–Crippen MR) is 129 cm³/mol. The van der Waals surface area contributed by atoms with Gasteiger partial charge in [-0.25, -0.2) is 4.79 Å². The molecule has 9 nitrogen and oxygen atoms in total. The van der Waals surface area contributed by atoms with Gasteiger partial charge in [0.15, 0.2) is 0 Å². The average Bonchev–Trinajstić information content (AvgIpc) is 2.75. The van der Waals surface area contributed by atoms with Crippen LogP contribution in [0.4, 0.5) is 10.5 Å². The summed E-state index contributed by atoms with van der Waals surface area (Å²) in [4.78, 5) is 39.8. The van der Waals surface area contributed by atoms with Gasteiger partial charge in [0.1, 0.15) is 29.2 Å². The van der Waals surface area contributed by atoms with Gasteiger partial charge in [-0.05, 0) is 64.4 Å². The molecule has 0 saturated heterocycles. The van der Waals surface area contributed by atoms with E-state index in [1.165, 1.54) is 26.0 Å². The molecule has 0 radical (unpaired) electrons. The van der Waals surface area contributed by atoms with Crippen LogP contribution in [-0.4, -0.2) is 53.7 Å². The van der Waals surface area contributed by atoms with E-state index >= 15 is 0 Å². The van der Waals surface area contributed by atoms with Crippen LogP contribution in [0.3, 0.4) is 0 Å². The molecule has 184 valence electrons. The van der Waals surface area contributed by atoms with Crippen molar-refractivity contribution in [2.45, 2.75) is 52.3 Å². The van der Waals surface area contributed by atoms with Gasteiger partial charge in [0.25, 0.3) is 5.91 Å². The Labute approximate surface area is 200 Å². The smallest absolute Gasteiger partial charge is 0.408 e. The van der Waals surface area contributed by atoms with Gasteiger partial charge in [0.05, 0.1) is 7.11 Å². The number of alkyl carbamates (subject to hydrolysis) is 1. The minimum atomic E-state index is -1.17. The number of aryl methyl sites for hydroxylation is 1. The van der Waals surface area contributed by atoms with E-state index in [2.05, 4.69) is 10.6 Å². The van der Waals surface area contributed by atoms with E-state index < -0.39 is 35.6 Å². The number of hydrogen-bond donors (Lipinski definition) is 3. The van der Waals surface area contributed by atoms with Gasteiger partial charge >= 0.3 is 6.09 Å². The van der Waals surface area contributed by atoms with Crippen LogP contribution in [0.15, 0.2) is 42.5 Å². The van der Waals surface area contributed by atoms with Crippen LogP contribution in [0.2, 0.25) is 0 Å². The summed E-state index contributed by atoms with van der Waals surface area (Å²) in [6.45, 7) is 8.34. The number of likely N-dealkylation sites (N-methyl/N-ethyl adjacent to an activating group) is 1. The molecule has 3 N–H and O–H groups in total. The molecule has 34 heavy (non-hydrogen) atoms. The third-order valence-electron chi connectivity index (χ3n) is 5.01. The summed E-state index contributed by atoms with van der Waals surface area (Å²) in [5.41, 5.74) is 0.572. The number of ether oxygens (including phenoxy) is 2. The number of aromatic hydroxyl groups is 1. The number of benzene rings is 2. The van der Waals surface area contributed by atoms with Gasteiger partial charge in [-0.3, -0.25) is 9.59 Å². The second-order valence-electron chi connectivity index (χ2n) is 8.95. The topological polar surface area (TPSA) is 117 Å². The van der Waals surface area contributed by atoms with Crippen molar-refractivity contribution < 1.29 is 29.0 Å². The Morgan fingerprint density at radius 3 is 2.24 bits per heavy atom. The second-order valence-corrected chi connectivity index (χ2v) is 8.95. The molecule has 0 aliphatic carbocycles. The van der Waals surface area contributed by atoms with Crippen LogP contribution in [0.5, 0.6) is 11.5 Å². The molecular weight excluding hydrogens is 438 g/mol. The molecule has 0 spiro atoms. The zero-order valence-electron chi connectivity index (χ0n) is 20.6. The number of carbonyl (C=O) groups excluding carboxylic acids is 3. The molecule has 2 unspecified atom stereocenters. The minimum Gasteiger partial charge on any atom is -0.507 e. The molecular formula is C25H33N3O6. The van der Waals surface area contributed by atoms with Gasteiger partial charge < -0.3 is 30.1 Å². The van der Waals surface area contributed by atoms with Gasteiger partial charge in [-0.2, -0.15) is 0 Å². The minimum absolute atomic E-state index is 0.0928. The van der Waals surface area contributed by atoms with Gasteiger partial charge in [0.2, 0.25) is 5.91 Å². The number of rotatable bonds is 7. The lowest BCUT2D eigenvalue weighted by molar-refractivity contribution is -0.138. The van der Waals surface area contributed by atoms with Crippen molar-refractivity contribution in [3.05, 3.63) is 53.6 Å². The number of phenolic OH excluding ortho intramolecular Hbond substituents is 1. The highest BCUT2D eigenvalue weighted by atomic mass is 16.6. The van der Waals surface area contributed by atoms with Gasteiger partial charge in [-0.1, -0.05) is 18.2 Å². The highest BCUT2D eigenvalue weighted by Crippen LogP contribution is 2.32. The van der Waals surface area contributed by atoms with Crippen LogP contribution < -0.4 is 15.4 Å². The third kappa shape index (κ3) is 6.87. The molecule has 2 aromatic rings. The number of carbonyl (C=O) groups is 3. The number of methoxy groups -OCH3 is 1. The lowest BCUT2D eigenvalue weighted by atomic mass is 10.00. The van der Waals surface area contributed by atoms with Crippen molar-refractivity contribution in [3.63, 3.8) is 0 Å². The van der Waals surface area contributed by atoms with Crippen LogP contribution in [0.25, 0.3) is 0 Å². The molecule has 0 heterocycles. The highest BCUT2D eigenvalue weighted by molar-refractivity contribution is 5.99. The predicted octanol–water partition coefficient (Wildman–Crippen LogP) is 3.76. The van der Waals surface area contributed by atoms with E-state index in [4.69, 9.17) is 9.47 Å². The molecule has 0 fully saturated rings. The molecule has 2 atom stereocenters. The lowest BCUT2D eigenvalue weighted by Gasteiger charge is -2.31. The Hall–Kier alpha value is -3.75. The largest absolute Gasteiger partial charge is 0.507 e. The molecule has 0 aliphatic heterocycles. The Morgan fingerprint density at radius 1 is 1.06 bits per heavy atom. The zero-order chi connectivity index (χ0) is 25.6. The summed E-state index contributed by atoms with van der Waals surface area (Å²) < 4.78 is 10.3. The molecule has 0 aliphatic rings. The van der Waals surface area contributed by atoms with Crippen molar-refractivity contribution >= 4 is 23.6 Å². The Balaban J connectivity index is 2.32.